The van der Waals surface area contributed by atoms with Crippen LogP contribution in [0.1, 0.15) is 27.2 Å². The lowest BCUT2D eigenvalue weighted by molar-refractivity contribution is -0.133. The average Bonchev–Trinajstić information content (AvgIpc) is 2.78. The monoisotopic (exact) mass is 290 g/mol. The number of rotatable bonds is 3. The summed E-state index contributed by atoms with van der Waals surface area (Å²) in [6.07, 6.45) is 0.527. The van der Waals surface area contributed by atoms with E-state index in [4.69, 9.17) is 4.74 Å². The highest BCUT2D eigenvalue weighted by molar-refractivity contribution is 6.10. The van der Waals surface area contributed by atoms with Gasteiger partial charge in [0.25, 0.3) is 0 Å². The first-order chi connectivity index (χ1) is 9.83. The molecule has 0 radical (unpaired) electrons. The molecule has 0 aliphatic carbocycles. The Morgan fingerprint density at radius 1 is 1.33 bits per heavy atom. The number of nitrogens with one attached hydrogen (secondary N) is 1. The van der Waals surface area contributed by atoms with Gasteiger partial charge in [0.1, 0.15) is 11.7 Å². The molecule has 2 amide bonds. The highest BCUT2D eigenvalue weighted by Crippen LogP contribution is 2.32. The highest BCUT2D eigenvalue weighted by atomic mass is 16.5. The first-order valence-electron chi connectivity index (χ1n) is 7.10. The maximum absolute atomic E-state index is 12.5. The Balaban J connectivity index is 2.17. The quantitative estimate of drug-likeness (QED) is 0.866. The van der Waals surface area contributed by atoms with Crippen LogP contribution in [-0.4, -0.2) is 31.0 Å². The normalized spacial score (nSPS) is 18.8. The molecule has 0 aromatic heterocycles. The standard InChI is InChI=1S/C16H22N2O3/c1-16(2,3)17-14(19)11-9-10-18(15(11)20)12-7-5-6-8-13(12)21-4/h5-8,11H,9-10H2,1-4H3,(H,17,19). The number of ether oxygens (including phenoxy) is 1. The average molecular weight is 290 g/mol. The largest absolute Gasteiger partial charge is 0.495 e. The molecule has 2 rings (SSSR count). The molecule has 1 atom stereocenters. The smallest absolute Gasteiger partial charge is 0.239 e. The van der Waals surface area contributed by atoms with Crippen LogP contribution in [0.2, 0.25) is 0 Å². The lowest BCUT2D eigenvalue weighted by Crippen LogP contribution is -2.45. The van der Waals surface area contributed by atoms with Gasteiger partial charge in [0.15, 0.2) is 0 Å². The highest BCUT2D eigenvalue weighted by Gasteiger charge is 2.39. The third kappa shape index (κ3) is 3.35. The third-order valence-corrected chi connectivity index (χ3v) is 3.40. The Labute approximate surface area is 125 Å². The van der Waals surface area contributed by atoms with E-state index < -0.39 is 5.92 Å². The molecule has 5 nitrogen and oxygen atoms in total. The van der Waals surface area contributed by atoms with Crippen LogP contribution in [0, 0.1) is 5.92 Å². The fourth-order valence-electron chi connectivity index (χ4n) is 2.47. The van der Waals surface area contributed by atoms with Crippen molar-refractivity contribution < 1.29 is 14.3 Å². The van der Waals surface area contributed by atoms with Crippen molar-refractivity contribution in [1.82, 2.24) is 5.32 Å². The van der Waals surface area contributed by atoms with Crippen molar-refractivity contribution >= 4 is 17.5 Å². The first kappa shape index (κ1) is 15.4. The maximum Gasteiger partial charge on any atom is 0.239 e. The molecule has 5 heteroatoms. The topological polar surface area (TPSA) is 58.6 Å². The van der Waals surface area contributed by atoms with Gasteiger partial charge in [-0.1, -0.05) is 12.1 Å². The van der Waals surface area contributed by atoms with Crippen LogP contribution in [-0.2, 0) is 9.59 Å². The molecule has 0 saturated carbocycles. The minimum absolute atomic E-state index is 0.166. The van der Waals surface area contributed by atoms with E-state index >= 15 is 0 Å². The zero-order valence-electron chi connectivity index (χ0n) is 13.0. The summed E-state index contributed by atoms with van der Waals surface area (Å²) in [5, 5.41) is 2.87. The zero-order chi connectivity index (χ0) is 15.6. The molecular formula is C16H22N2O3. The van der Waals surface area contributed by atoms with Crippen LogP contribution in [0.3, 0.4) is 0 Å². The van der Waals surface area contributed by atoms with Gasteiger partial charge < -0.3 is 15.0 Å². The molecule has 1 aromatic carbocycles. The van der Waals surface area contributed by atoms with Crippen LogP contribution in [0.15, 0.2) is 24.3 Å². The summed E-state index contributed by atoms with van der Waals surface area (Å²) in [4.78, 5) is 26.4. The summed E-state index contributed by atoms with van der Waals surface area (Å²) >= 11 is 0. The molecule has 1 unspecified atom stereocenters. The van der Waals surface area contributed by atoms with E-state index in [0.717, 1.165) is 5.69 Å². The number of hydrogen-bond donors (Lipinski definition) is 1. The van der Waals surface area contributed by atoms with Gasteiger partial charge in [-0.2, -0.15) is 0 Å². The van der Waals surface area contributed by atoms with E-state index in [0.29, 0.717) is 18.7 Å². The van der Waals surface area contributed by atoms with Gasteiger partial charge in [0.2, 0.25) is 11.8 Å². The Morgan fingerprint density at radius 2 is 2.00 bits per heavy atom. The van der Waals surface area contributed by atoms with E-state index in [9.17, 15) is 9.59 Å². The number of carbonyl (C=O) groups excluding carboxylic acids is 2. The lowest BCUT2D eigenvalue weighted by Gasteiger charge is -2.23. The van der Waals surface area contributed by atoms with E-state index in [1.165, 1.54) is 0 Å². The molecule has 1 aliphatic heterocycles. The minimum Gasteiger partial charge on any atom is -0.495 e. The van der Waals surface area contributed by atoms with Crippen LogP contribution in [0.4, 0.5) is 5.69 Å². The van der Waals surface area contributed by atoms with Gasteiger partial charge in [-0.15, -0.1) is 0 Å². The SMILES string of the molecule is COc1ccccc1N1CCC(C(=O)NC(C)(C)C)C1=O. The Morgan fingerprint density at radius 3 is 2.62 bits per heavy atom. The molecule has 1 heterocycles. The predicted molar refractivity (Wildman–Crippen MR) is 81.3 cm³/mol. The summed E-state index contributed by atoms with van der Waals surface area (Å²) < 4.78 is 5.29. The molecule has 1 fully saturated rings. The molecule has 1 aromatic rings. The molecule has 0 bridgehead atoms. The number of para-hydroxylation sites is 2. The summed E-state index contributed by atoms with van der Waals surface area (Å²) in [7, 11) is 1.57. The fraction of sp³-hybridized carbons (Fsp3) is 0.500. The molecule has 114 valence electrons. The number of anilines is 1. The van der Waals surface area contributed by atoms with Gasteiger partial charge in [-0.3, -0.25) is 9.59 Å². The van der Waals surface area contributed by atoms with E-state index in [1.54, 1.807) is 12.0 Å². The van der Waals surface area contributed by atoms with Crippen LogP contribution in [0.5, 0.6) is 5.75 Å². The van der Waals surface area contributed by atoms with Gasteiger partial charge >= 0.3 is 0 Å². The second-order valence-electron chi connectivity index (χ2n) is 6.24. The fourth-order valence-corrected chi connectivity index (χ4v) is 2.47. The molecule has 1 aliphatic rings. The van der Waals surface area contributed by atoms with Gasteiger partial charge in [-0.05, 0) is 39.3 Å². The molecule has 1 N–H and O–H groups in total. The Bertz CT molecular complexity index is 549. The molecule has 0 spiro atoms. The van der Waals surface area contributed by atoms with Gasteiger partial charge in [0, 0.05) is 12.1 Å². The number of carbonyl (C=O) groups is 2. The first-order valence-corrected chi connectivity index (χ1v) is 7.10. The summed E-state index contributed by atoms with van der Waals surface area (Å²) in [6.45, 7) is 6.24. The van der Waals surface area contributed by atoms with Crippen molar-refractivity contribution in [2.24, 2.45) is 5.92 Å². The van der Waals surface area contributed by atoms with Gasteiger partial charge in [-0.25, -0.2) is 0 Å². The lowest BCUT2D eigenvalue weighted by atomic mass is 10.0. The number of amides is 2. The van der Waals surface area contributed by atoms with Gasteiger partial charge in [0.05, 0.1) is 12.8 Å². The summed E-state index contributed by atoms with van der Waals surface area (Å²) in [6, 6.07) is 7.35. The predicted octanol–water partition coefficient (Wildman–Crippen LogP) is 1.96. The van der Waals surface area contributed by atoms with Crippen molar-refractivity contribution in [2.75, 3.05) is 18.6 Å². The van der Waals surface area contributed by atoms with E-state index in [1.807, 2.05) is 45.0 Å². The number of hydrogen-bond acceptors (Lipinski definition) is 3. The molecule has 1 saturated heterocycles. The minimum atomic E-state index is -0.617. The van der Waals surface area contributed by atoms with Crippen LogP contribution >= 0.6 is 0 Å². The van der Waals surface area contributed by atoms with Crippen molar-refractivity contribution in [3.8, 4) is 5.75 Å². The van der Waals surface area contributed by atoms with Crippen molar-refractivity contribution in [1.29, 1.82) is 0 Å². The number of methoxy groups -OCH3 is 1. The summed E-state index contributed by atoms with van der Waals surface area (Å²) in [5.41, 5.74) is 0.380. The Hall–Kier alpha value is -2.04. The maximum atomic E-state index is 12.5. The number of benzene rings is 1. The Kier molecular flexibility index (Phi) is 4.21. The second-order valence-corrected chi connectivity index (χ2v) is 6.24. The summed E-state index contributed by atoms with van der Waals surface area (Å²) in [5.74, 6) is -0.344. The second kappa shape index (κ2) is 5.76. The van der Waals surface area contributed by atoms with Crippen molar-refractivity contribution in [2.45, 2.75) is 32.7 Å². The number of nitrogens with zero attached hydrogens (tertiary/aromatic N) is 1. The van der Waals surface area contributed by atoms with Crippen molar-refractivity contribution in [3.05, 3.63) is 24.3 Å². The van der Waals surface area contributed by atoms with E-state index in [2.05, 4.69) is 5.32 Å². The van der Waals surface area contributed by atoms with E-state index in [-0.39, 0.29) is 17.4 Å². The van der Waals surface area contributed by atoms with Crippen LogP contribution < -0.4 is 15.0 Å². The molecular weight excluding hydrogens is 268 g/mol. The van der Waals surface area contributed by atoms with Crippen molar-refractivity contribution in [3.63, 3.8) is 0 Å². The molecule has 21 heavy (non-hydrogen) atoms. The van der Waals surface area contributed by atoms with Crippen LogP contribution in [0.25, 0.3) is 0 Å². The zero-order valence-corrected chi connectivity index (χ0v) is 13.0. The third-order valence-electron chi connectivity index (χ3n) is 3.40.